The maximum Gasteiger partial charge on any atom is 0.272 e. The molecule has 1 amide bonds. The molecule has 110 valence electrons. The molecule has 0 saturated heterocycles. The second-order valence-corrected chi connectivity index (χ2v) is 4.40. The molecule has 1 heterocycles. The van der Waals surface area contributed by atoms with Crippen LogP contribution in [0.3, 0.4) is 0 Å². The van der Waals surface area contributed by atoms with E-state index in [1.165, 1.54) is 12.4 Å². The fraction of sp³-hybridized carbons (Fsp3) is 0.214. The van der Waals surface area contributed by atoms with Gasteiger partial charge in [0.05, 0.1) is 25.5 Å². The van der Waals surface area contributed by atoms with E-state index < -0.39 is 0 Å². The van der Waals surface area contributed by atoms with E-state index >= 15 is 0 Å². The number of hydrogen-bond donors (Lipinski definition) is 3. The lowest BCUT2D eigenvalue weighted by molar-refractivity contribution is 0.0934. The standard InChI is InChI=1S/C14H17N5O2/c1-9(10-3-5-11(21-2)6-4-10)17-14(20)12-7-16-8-13(18-12)19-15/h3-9H,15H2,1-2H3,(H,17,20)(H,18,19). The molecule has 0 radical (unpaired) electrons. The Kier molecular flexibility index (Phi) is 4.68. The number of nitrogens with zero attached hydrogens (tertiary/aromatic N) is 2. The fourth-order valence-electron chi connectivity index (χ4n) is 1.79. The highest BCUT2D eigenvalue weighted by Gasteiger charge is 2.13. The summed E-state index contributed by atoms with van der Waals surface area (Å²) in [5, 5.41) is 2.85. The molecule has 21 heavy (non-hydrogen) atoms. The molecule has 0 aliphatic heterocycles. The number of hydrogen-bond acceptors (Lipinski definition) is 6. The van der Waals surface area contributed by atoms with Crippen molar-refractivity contribution in [1.29, 1.82) is 0 Å². The van der Waals surface area contributed by atoms with Crippen LogP contribution in [0.5, 0.6) is 5.75 Å². The molecule has 1 aromatic heterocycles. The molecular weight excluding hydrogens is 270 g/mol. The largest absolute Gasteiger partial charge is 0.497 e. The average molecular weight is 287 g/mol. The minimum atomic E-state index is -0.317. The van der Waals surface area contributed by atoms with E-state index in [0.717, 1.165) is 11.3 Å². The lowest BCUT2D eigenvalue weighted by Crippen LogP contribution is -2.28. The van der Waals surface area contributed by atoms with Crippen LogP contribution in [0.1, 0.15) is 29.0 Å². The number of aromatic nitrogens is 2. The third-order valence-electron chi connectivity index (χ3n) is 2.98. The monoisotopic (exact) mass is 287 g/mol. The summed E-state index contributed by atoms with van der Waals surface area (Å²) in [5.41, 5.74) is 3.52. The predicted molar refractivity (Wildman–Crippen MR) is 78.7 cm³/mol. The molecule has 7 nitrogen and oxygen atoms in total. The number of methoxy groups -OCH3 is 1. The summed E-state index contributed by atoms with van der Waals surface area (Å²) in [6, 6.07) is 7.31. The Labute approximate surface area is 122 Å². The third-order valence-corrected chi connectivity index (χ3v) is 2.98. The second-order valence-electron chi connectivity index (χ2n) is 4.40. The molecule has 0 fully saturated rings. The van der Waals surface area contributed by atoms with Crippen molar-refractivity contribution < 1.29 is 9.53 Å². The Hall–Kier alpha value is -2.67. The van der Waals surface area contributed by atoms with Gasteiger partial charge in [0, 0.05) is 0 Å². The quantitative estimate of drug-likeness (QED) is 0.565. The zero-order valence-corrected chi connectivity index (χ0v) is 11.8. The molecule has 1 atom stereocenters. The van der Waals surface area contributed by atoms with Crippen molar-refractivity contribution in [3.05, 3.63) is 47.9 Å². The van der Waals surface area contributed by atoms with E-state index in [0.29, 0.717) is 5.82 Å². The van der Waals surface area contributed by atoms with E-state index in [1.807, 2.05) is 31.2 Å². The van der Waals surface area contributed by atoms with Crippen LogP contribution in [0.25, 0.3) is 0 Å². The van der Waals surface area contributed by atoms with Crippen molar-refractivity contribution >= 4 is 11.7 Å². The topological polar surface area (TPSA) is 102 Å². The lowest BCUT2D eigenvalue weighted by Gasteiger charge is -2.14. The number of ether oxygens (including phenoxy) is 1. The number of carbonyl (C=O) groups excluding carboxylic acids is 1. The summed E-state index contributed by atoms with van der Waals surface area (Å²) in [6.07, 6.45) is 2.82. The lowest BCUT2D eigenvalue weighted by atomic mass is 10.1. The summed E-state index contributed by atoms with van der Waals surface area (Å²) >= 11 is 0. The highest BCUT2D eigenvalue weighted by molar-refractivity contribution is 5.92. The molecule has 0 aliphatic rings. The third kappa shape index (κ3) is 3.67. The number of anilines is 1. The van der Waals surface area contributed by atoms with Gasteiger partial charge >= 0.3 is 0 Å². The SMILES string of the molecule is COc1ccc(C(C)NC(=O)c2cncc(NN)n2)cc1. The van der Waals surface area contributed by atoms with Crippen molar-refractivity contribution in [2.24, 2.45) is 5.84 Å². The van der Waals surface area contributed by atoms with Gasteiger partial charge in [-0.2, -0.15) is 0 Å². The first-order valence-electron chi connectivity index (χ1n) is 6.37. The summed E-state index contributed by atoms with van der Waals surface area (Å²) in [7, 11) is 1.61. The first-order valence-corrected chi connectivity index (χ1v) is 6.37. The van der Waals surface area contributed by atoms with Gasteiger partial charge in [0.25, 0.3) is 5.91 Å². The molecular formula is C14H17N5O2. The van der Waals surface area contributed by atoms with E-state index in [-0.39, 0.29) is 17.6 Å². The van der Waals surface area contributed by atoms with Crippen LogP contribution in [-0.2, 0) is 0 Å². The Morgan fingerprint density at radius 3 is 2.62 bits per heavy atom. The van der Waals surface area contributed by atoms with Crippen molar-refractivity contribution in [3.8, 4) is 5.75 Å². The van der Waals surface area contributed by atoms with Crippen LogP contribution in [-0.4, -0.2) is 23.0 Å². The number of nitrogens with two attached hydrogens (primary N) is 1. The molecule has 4 N–H and O–H groups in total. The molecule has 1 aromatic carbocycles. The smallest absolute Gasteiger partial charge is 0.272 e. The molecule has 0 bridgehead atoms. The van der Waals surface area contributed by atoms with Gasteiger partial charge in [-0.1, -0.05) is 12.1 Å². The Morgan fingerprint density at radius 2 is 2.00 bits per heavy atom. The first-order chi connectivity index (χ1) is 10.1. The van der Waals surface area contributed by atoms with Crippen molar-refractivity contribution in [1.82, 2.24) is 15.3 Å². The summed E-state index contributed by atoms with van der Waals surface area (Å²) in [6.45, 7) is 1.89. The number of nitrogens with one attached hydrogen (secondary N) is 2. The Morgan fingerprint density at radius 1 is 1.29 bits per heavy atom. The second kappa shape index (κ2) is 6.67. The van der Waals surface area contributed by atoms with Gasteiger partial charge in [-0.15, -0.1) is 0 Å². The zero-order valence-electron chi connectivity index (χ0n) is 11.8. The van der Waals surface area contributed by atoms with Gasteiger partial charge in [-0.05, 0) is 24.6 Å². The highest BCUT2D eigenvalue weighted by Crippen LogP contribution is 2.17. The minimum Gasteiger partial charge on any atom is -0.497 e. The van der Waals surface area contributed by atoms with Gasteiger partial charge in [0.2, 0.25) is 0 Å². The van der Waals surface area contributed by atoms with E-state index in [2.05, 4.69) is 20.7 Å². The van der Waals surface area contributed by atoms with E-state index in [4.69, 9.17) is 10.6 Å². The van der Waals surface area contributed by atoms with Gasteiger partial charge in [0.1, 0.15) is 11.4 Å². The van der Waals surface area contributed by atoms with Gasteiger partial charge < -0.3 is 15.5 Å². The summed E-state index contributed by atoms with van der Waals surface area (Å²) in [4.78, 5) is 20.0. The maximum absolute atomic E-state index is 12.1. The van der Waals surface area contributed by atoms with Gasteiger partial charge in [-0.25, -0.2) is 10.8 Å². The molecule has 0 saturated carbocycles. The molecule has 7 heteroatoms. The maximum atomic E-state index is 12.1. The molecule has 0 spiro atoms. The van der Waals surface area contributed by atoms with Crippen molar-refractivity contribution in [3.63, 3.8) is 0 Å². The van der Waals surface area contributed by atoms with E-state index in [9.17, 15) is 4.79 Å². The summed E-state index contributed by atoms with van der Waals surface area (Å²) < 4.78 is 5.10. The number of hydrazine groups is 1. The molecule has 1 unspecified atom stereocenters. The van der Waals surface area contributed by atoms with Crippen molar-refractivity contribution in [2.45, 2.75) is 13.0 Å². The molecule has 2 rings (SSSR count). The number of nitrogen functional groups attached to an aromatic ring is 1. The minimum absolute atomic E-state index is 0.167. The van der Waals surface area contributed by atoms with Crippen LogP contribution < -0.4 is 21.3 Å². The zero-order chi connectivity index (χ0) is 15.2. The number of carbonyl (C=O) groups is 1. The summed E-state index contributed by atoms with van der Waals surface area (Å²) in [5.74, 6) is 6.03. The van der Waals surface area contributed by atoms with Crippen LogP contribution in [0.4, 0.5) is 5.82 Å². The van der Waals surface area contributed by atoms with Gasteiger partial charge in [-0.3, -0.25) is 9.78 Å². The highest BCUT2D eigenvalue weighted by atomic mass is 16.5. The average Bonchev–Trinajstić information content (AvgIpc) is 2.54. The van der Waals surface area contributed by atoms with Gasteiger partial charge in [0.15, 0.2) is 5.82 Å². The van der Waals surface area contributed by atoms with Crippen LogP contribution in [0, 0.1) is 0 Å². The normalized spacial score (nSPS) is 11.6. The number of amides is 1. The number of benzene rings is 1. The molecule has 0 aliphatic carbocycles. The van der Waals surface area contributed by atoms with Crippen molar-refractivity contribution in [2.75, 3.05) is 12.5 Å². The Bertz CT molecular complexity index is 615. The fourth-order valence-corrected chi connectivity index (χ4v) is 1.79. The molecule has 2 aromatic rings. The van der Waals surface area contributed by atoms with Crippen LogP contribution in [0.15, 0.2) is 36.7 Å². The number of rotatable bonds is 5. The van der Waals surface area contributed by atoms with E-state index in [1.54, 1.807) is 7.11 Å². The van der Waals surface area contributed by atoms with Crippen LogP contribution in [0.2, 0.25) is 0 Å². The predicted octanol–water partition coefficient (Wildman–Crippen LogP) is 1.26. The van der Waals surface area contributed by atoms with Crippen LogP contribution >= 0.6 is 0 Å². The first kappa shape index (κ1) is 14.7. The Balaban J connectivity index is 2.06.